The van der Waals surface area contributed by atoms with E-state index >= 15 is 0 Å². The van der Waals surface area contributed by atoms with Gasteiger partial charge in [0.25, 0.3) is 0 Å². The first-order chi connectivity index (χ1) is 11.2. The van der Waals surface area contributed by atoms with Crippen molar-refractivity contribution >= 4 is 11.6 Å². The van der Waals surface area contributed by atoms with Crippen molar-refractivity contribution < 1.29 is 8.78 Å². The Hall–Kier alpha value is -1.46. The number of halogens is 2. The predicted octanol–water partition coefficient (Wildman–Crippen LogP) is 3.16. The number of anilines is 2. The van der Waals surface area contributed by atoms with Gasteiger partial charge in [0.1, 0.15) is 17.5 Å². The van der Waals surface area contributed by atoms with Gasteiger partial charge in [-0.15, -0.1) is 0 Å². The lowest BCUT2D eigenvalue weighted by Gasteiger charge is -2.34. The summed E-state index contributed by atoms with van der Waals surface area (Å²) in [5.41, 5.74) is 0. The molecule has 0 radical (unpaired) electrons. The molecule has 0 unspecified atom stereocenters. The minimum atomic E-state index is -0.217. The van der Waals surface area contributed by atoms with Crippen LogP contribution in [0.4, 0.5) is 20.4 Å². The van der Waals surface area contributed by atoms with Crippen LogP contribution in [0.2, 0.25) is 0 Å². The molecule has 2 fully saturated rings. The summed E-state index contributed by atoms with van der Waals surface area (Å²) >= 11 is 0. The standard InChI is InChI=1S/C17H26F2N4/c1-13-20-16(22-6-2-14(11-18)3-7-22)10-17(21-13)23-8-4-15(12-19)5-9-23/h10,14-15H,2-9,11-12H2,1H3. The monoisotopic (exact) mass is 324 g/mol. The molecule has 0 atom stereocenters. The van der Waals surface area contributed by atoms with Gasteiger partial charge in [0, 0.05) is 32.2 Å². The highest BCUT2D eigenvalue weighted by Gasteiger charge is 2.23. The van der Waals surface area contributed by atoms with Gasteiger partial charge in [0.2, 0.25) is 0 Å². The number of rotatable bonds is 4. The molecule has 4 nitrogen and oxygen atoms in total. The van der Waals surface area contributed by atoms with Crippen LogP contribution in [0.1, 0.15) is 31.5 Å². The molecule has 0 saturated carbocycles. The molecule has 0 aliphatic carbocycles. The molecule has 1 aromatic heterocycles. The summed E-state index contributed by atoms with van der Waals surface area (Å²) in [6.45, 7) is 4.90. The predicted molar refractivity (Wildman–Crippen MR) is 88.6 cm³/mol. The SMILES string of the molecule is Cc1nc(N2CCC(CF)CC2)cc(N2CCC(CF)CC2)n1. The Labute approximate surface area is 136 Å². The van der Waals surface area contributed by atoms with E-state index in [0.717, 1.165) is 69.3 Å². The maximum atomic E-state index is 12.8. The Morgan fingerprint density at radius 1 is 0.870 bits per heavy atom. The van der Waals surface area contributed by atoms with Gasteiger partial charge in [-0.3, -0.25) is 8.78 Å². The fourth-order valence-electron chi connectivity index (χ4n) is 3.49. The highest BCUT2D eigenvalue weighted by Crippen LogP contribution is 2.27. The third-order valence-corrected chi connectivity index (χ3v) is 5.12. The second kappa shape index (κ2) is 7.41. The topological polar surface area (TPSA) is 32.3 Å². The summed E-state index contributed by atoms with van der Waals surface area (Å²) in [4.78, 5) is 13.6. The van der Waals surface area contributed by atoms with Crippen LogP contribution in [0.15, 0.2) is 6.07 Å². The molecule has 2 aliphatic heterocycles. The molecular formula is C17H26F2N4. The van der Waals surface area contributed by atoms with Gasteiger partial charge in [0.05, 0.1) is 13.3 Å². The van der Waals surface area contributed by atoms with Crippen LogP contribution >= 0.6 is 0 Å². The Balaban J connectivity index is 1.70. The smallest absolute Gasteiger partial charge is 0.134 e. The first kappa shape index (κ1) is 16.4. The van der Waals surface area contributed by atoms with Gasteiger partial charge >= 0.3 is 0 Å². The van der Waals surface area contributed by atoms with Gasteiger partial charge in [-0.25, -0.2) is 9.97 Å². The zero-order valence-corrected chi connectivity index (χ0v) is 13.8. The van der Waals surface area contributed by atoms with E-state index < -0.39 is 0 Å². The van der Waals surface area contributed by atoms with E-state index in [9.17, 15) is 8.78 Å². The Kier molecular flexibility index (Phi) is 5.28. The van der Waals surface area contributed by atoms with E-state index in [1.807, 2.05) is 13.0 Å². The Morgan fingerprint density at radius 3 is 1.61 bits per heavy atom. The average Bonchev–Trinajstić information content (AvgIpc) is 2.61. The highest BCUT2D eigenvalue weighted by molar-refractivity contribution is 5.51. The summed E-state index contributed by atoms with van der Waals surface area (Å²) < 4.78 is 25.5. The lowest BCUT2D eigenvalue weighted by Crippen LogP contribution is -2.37. The van der Waals surface area contributed by atoms with Crippen molar-refractivity contribution in [3.63, 3.8) is 0 Å². The van der Waals surface area contributed by atoms with E-state index in [1.165, 1.54) is 0 Å². The van der Waals surface area contributed by atoms with Crippen LogP contribution in [0.25, 0.3) is 0 Å². The van der Waals surface area contributed by atoms with Crippen molar-refractivity contribution in [2.24, 2.45) is 11.8 Å². The third kappa shape index (κ3) is 3.90. The number of aromatic nitrogens is 2. The molecule has 2 saturated heterocycles. The Morgan fingerprint density at radius 2 is 1.26 bits per heavy atom. The molecule has 0 amide bonds. The number of piperidine rings is 2. The van der Waals surface area contributed by atoms with Crippen LogP contribution < -0.4 is 9.80 Å². The van der Waals surface area contributed by atoms with Crippen molar-refractivity contribution in [3.8, 4) is 0 Å². The normalized spacial score (nSPS) is 21.0. The molecule has 1 aromatic rings. The summed E-state index contributed by atoms with van der Waals surface area (Å²) in [5.74, 6) is 3.05. The highest BCUT2D eigenvalue weighted by atomic mass is 19.1. The summed E-state index contributed by atoms with van der Waals surface area (Å²) in [6.07, 6.45) is 3.54. The van der Waals surface area contributed by atoms with Gasteiger partial charge in [0.15, 0.2) is 0 Å². The Bertz CT molecular complexity index is 467. The van der Waals surface area contributed by atoms with Crippen molar-refractivity contribution in [2.75, 3.05) is 49.3 Å². The largest absolute Gasteiger partial charge is 0.356 e. The molecule has 2 aliphatic rings. The van der Waals surface area contributed by atoms with Crippen LogP contribution in [0, 0.1) is 18.8 Å². The van der Waals surface area contributed by atoms with Crippen LogP contribution in [0.5, 0.6) is 0 Å². The van der Waals surface area contributed by atoms with Gasteiger partial charge in [-0.05, 0) is 44.4 Å². The number of nitrogens with zero attached hydrogens (tertiary/aromatic N) is 4. The lowest BCUT2D eigenvalue weighted by molar-refractivity contribution is 0.306. The maximum absolute atomic E-state index is 12.8. The fourth-order valence-corrected chi connectivity index (χ4v) is 3.49. The second-order valence-corrected chi connectivity index (χ2v) is 6.80. The van der Waals surface area contributed by atoms with E-state index in [2.05, 4.69) is 19.8 Å². The van der Waals surface area contributed by atoms with Crippen molar-refractivity contribution in [3.05, 3.63) is 11.9 Å². The van der Waals surface area contributed by atoms with Crippen molar-refractivity contribution in [1.82, 2.24) is 9.97 Å². The summed E-state index contributed by atoms with van der Waals surface area (Å²) in [7, 11) is 0. The molecule has 128 valence electrons. The number of aryl methyl sites for hydroxylation is 1. The third-order valence-electron chi connectivity index (χ3n) is 5.12. The summed E-state index contributed by atoms with van der Waals surface area (Å²) in [6, 6.07) is 2.04. The minimum Gasteiger partial charge on any atom is -0.356 e. The van der Waals surface area contributed by atoms with Gasteiger partial charge in [-0.1, -0.05) is 0 Å². The van der Waals surface area contributed by atoms with Crippen LogP contribution in [-0.2, 0) is 0 Å². The van der Waals surface area contributed by atoms with Crippen LogP contribution in [-0.4, -0.2) is 49.5 Å². The molecule has 0 bridgehead atoms. The van der Waals surface area contributed by atoms with Crippen molar-refractivity contribution in [1.29, 1.82) is 0 Å². The molecule has 3 rings (SSSR count). The number of alkyl halides is 2. The molecule has 0 N–H and O–H groups in total. The molecule has 0 spiro atoms. The van der Waals surface area contributed by atoms with E-state index in [4.69, 9.17) is 0 Å². The fraction of sp³-hybridized carbons (Fsp3) is 0.765. The number of hydrogen-bond donors (Lipinski definition) is 0. The molecule has 6 heteroatoms. The molecule has 0 aromatic carbocycles. The maximum Gasteiger partial charge on any atom is 0.134 e. The van der Waals surface area contributed by atoms with Gasteiger partial charge in [-0.2, -0.15) is 0 Å². The minimum absolute atomic E-state index is 0.202. The quantitative estimate of drug-likeness (QED) is 0.852. The molecule has 23 heavy (non-hydrogen) atoms. The first-order valence-corrected chi connectivity index (χ1v) is 8.67. The van der Waals surface area contributed by atoms with Gasteiger partial charge < -0.3 is 9.80 Å². The zero-order chi connectivity index (χ0) is 16.2. The summed E-state index contributed by atoms with van der Waals surface area (Å²) in [5, 5.41) is 0. The van der Waals surface area contributed by atoms with E-state index in [0.29, 0.717) is 0 Å². The molecular weight excluding hydrogens is 298 g/mol. The number of hydrogen-bond acceptors (Lipinski definition) is 4. The van der Waals surface area contributed by atoms with E-state index in [1.54, 1.807) is 0 Å². The lowest BCUT2D eigenvalue weighted by atomic mass is 9.98. The first-order valence-electron chi connectivity index (χ1n) is 8.67. The van der Waals surface area contributed by atoms with E-state index in [-0.39, 0.29) is 25.2 Å². The average molecular weight is 324 g/mol. The van der Waals surface area contributed by atoms with Crippen molar-refractivity contribution in [2.45, 2.75) is 32.6 Å². The zero-order valence-electron chi connectivity index (χ0n) is 13.8. The van der Waals surface area contributed by atoms with Crippen LogP contribution in [0.3, 0.4) is 0 Å². The molecule has 3 heterocycles. The second-order valence-electron chi connectivity index (χ2n) is 6.80.